The van der Waals surface area contributed by atoms with Crippen LogP contribution in [0.25, 0.3) is 0 Å². The third kappa shape index (κ3) is 3.34. The molecule has 0 fully saturated rings. The largest absolute Gasteiger partial charge is 0.451 e. The van der Waals surface area contributed by atoms with Crippen molar-refractivity contribution >= 4 is 5.82 Å². The molecule has 0 spiro atoms. The van der Waals surface area contributed by atoms with Gasteiger partial charge in [-0.3, -0.25) is 0 Å². The van der Waals surface area contributed by atoms with Crippen LogP contribution in [0.5, 0.6) is 11.6 Å². The van der Waals surface area contributed by atoms with Gasteiger partial charge in [0.2, 0.25) is 11.7 Å². The molecule has 1 N–H and O–H groups in total. The summed E-state index contributed by atoms with van der Waals surface area (Å²) in [6, 6.07) is 6.18. The van der Waals surface area contributed by atoms with E-state index < -0.39 is 17.8 Å². The number of alkyl halides is 3. The SMILES string of the molecule is CNc1cc(Oc2cccc(F)c2)nc(C(F)(F)F)n1. The molecule has 0 saturated carbocycles. The Morgan fingerprint density at radius 2 is 1.90 bits per heavy atom. The third-order valence-electron chi connectivity index (χ3n) is 2.23. The van der Waals surface area contributed by atoms with E-state index in [0.717, 1.165) is 6.07 Å². The van der Waals surface area contributed by atoms with Gasteiger partial charge in [0, 0.05) is 19.2 Å². The van der Waals surface area contributed by atoms with Crippen molar-refractivity contribution in [2.75, 3.05) is 12.4 Å². The summed E-state index contributed by atoms with van der Waals surface area (Å²) < 4.78 is 55.9. The Hall–Kier alpha value is -2.38. The number of nitrogens with zero attached hydrogens (tertiary/aromatic N) is 2. The molecule has 0 amide bonds. The number of benzene rings is 1. The van der Waals surface area contributed by atoms with Crippen LogP contribution in [0.4, 0.5) is 23.4 Å². The van der Waals surface area contributed by atoms with E-state index >= 15 is 0 Å². The molecule has 2 aromatic rings. The molecular formula is C12H9F4N3O. The number of hydrogen-bond acceptors (Lipinski definition) is 4. The van der Waals surface area contributed by atoms with E-state index in [0.29, 0.717) is 0 Å². The van der Waals surface area contributed by atoms with Gasteiger partial charge in [0.05, 0.1) is 0 Å². The summed E-state index contributed by atoms with van der Waals surface area (Å²) in [5, 5.41) is 2.47. The Bertz CT molecular complexity index is 616. The van der Waals surface area contributed by atoms with E-state index in [1.807, 2.05) is 0 Å². The lowest BCUT2D eigenvalue weighted by Gasteiger charge is -2.10. The zero-order valence-corrected chi connectivity index (χ0v) is 10.2. The van der Waals surface area contributed by atoms with Crippen LogP contribution >= 0.6 is 0 Å². The fraction of sp³-hybridized carbons (Fsp3) is 0.167. The number of hydrogen-bond donors (Lipinski definition) is 1. The second-order valence-corrected chi connectivity index (χ2v) is 3.72. The van der Waals surface area contributed by atoms with Crippen LogP contribution in [0.1, 0.15) is 5.82 Å². The molecule has 1 aromatic heterocycles. The summed E-state index contributed by atoms with van der Waals surface area (Å²) in [5.41, 5.74) is 0. The number of nitrogens with one attached hydrogen (secondary N) is 1. The van der Waals surface area contributed by atoms with Crippen molar-refractivity contribution in [3.63, 3.8) is 0 Å². The molecule has 1 aromatic carbocycles. The molecular weight excluding hydrogens is 278 g/mol. The first-order chi connectivity index (χ1) is 9.38. The van der Waals surface area contributed by atoms with Gasteiger partial charge in [0.15, 0.2) is 0 Å². The second kappa shape index (κ2) is 5.32. The van der Waals surface area contributed by atoms with E-state index in [4.69, 9.17) is 4.74 Å². The van der Waals surface area contributed by atoms with Gasteiger partial charge in [-0.2, -0.15) is 18.2 Å². The first kappa shape index (κ1) is 14.0. The maximum absolute atomic E-state index is 13.0. The number of rotatable bonds is 3. The molecule has 106 valence electrons. The molecule has 0 aliphatic heterocycles. The Kier molecular flexibility index (Phi) is 3.73. The highest BCUT2D eigenvalue weighted by Crippen LogP contribution is 2.30. The average molecular weight is 287 g/mol. The Morgan fingerprint density at radius 1 is 1.15 bits per heavy atom. The van der Waals surface area contributed by atoms with Crippen molar-refractivity contribution in [2.24, 2.45) is 0 Å². The van der Waals surface area contributed by atoms with Gasteiger partial charge in [-0.25, -0.2) is 9.37 Å². The maximum atomic E-state index is 13.0. The van der Waals surface area contributed by atoms with Crippen LogP contribution in [0, 0.1) is 5.82 Å². The van der Waals surface area contributed by atoms with Crippen LogP contribution in [0.3, 0.4) is 0 Å². The minimum Gasteiger partial charge on any atom is -0.439 e. The highest BCUT2D eigenvalue weighted by Gasteiger charge is 2.35. The minimum absolute atomic E-state index is 0.0406. The first-order valence-electron chi connectivity index (χ1n) is 5.46. The Morgan fingerprint density at radius 3 is 2.50 bits per heavy atom. The van der Waals surface area contributed by atoms with Crippen molar-refractivity contribution < 1.29 is 22.3 Å². The molecule has 8 heteroatoms. The van der Waals surface area contributed by atoms with E-state index in [9.17, 15) is 17.6 Å². The van der Waals surface area contributed by atoms with Gasteiger partial charge < -0.3 is 10.1 Å². The number of aromatic nitrogens is 2. The molecule has 0 unspecified atom stereocenters. The summed E-state index contributed by atoms with van der Waals surface area (Å²) in [6.45, 7) is 0. The predicted octanol–water partition coefficient (Wildman–Crippen LogP) is 3.47. The molecule has 0 atom stereocenters. The zero-order chi connectivity index (χ0) is 14.8. The van der Waals surface area contributed by atoms with Crippen LogP contribution in [0.15, 0.2) is 30.3 Å². The van der Waals surface area contributed by atoms with Gasteiger partial charge in [-0.05, 0) is 12.1 Å². The smallest absolute Gasteiger partial charge is 0.439 e. The van der Waals surface area contributed by atoms with Gasteiger partial charge in [-0.15, -0.1) is 0 Å². The molecule has 1 heterocycles. The Balaban J connectivity index is 2.36. The van der Waals surface area contributed by atoms with Crippen molar-refractivity contribution in [3.05, 3.63) is 42.0 Å². The average Bonchev–Trinajstić information content (AvgIpc) is 2.37. The fourth-order valence-electron chi connectivity index (χ4n) is 1.38. The number of ether oxygens (including phenoxy) is 1. The second-order valence-electron chi connectivity index (χ2n) is 3.72. The Labute approximate surface area is 111 Å². The van der Waals surface area contributed by atoms with Crippen LogP contribution < -0.4 is 10.1 Å². The van der Waals surface area contributed by atoms with Gasteiger partial charge in [0.25, 0.3) is 0 Å². The molecule has 0 bridgehead atoms. The molecule has 0 radical (unpaired) electrons. The van der Waals surface area contributed by atoms with Crippen LogP contribution in [-0.4, -0.2) is 17.0 Å². The maximum Gasteiger partial charge on any atom is 0.451 e. The highest BCUT2D eigenvalue weighted by atomic mass is 19.4. The van der Waals surface area contributed by atoms with Crippen molar-refractivity contribution in [1.29, 1.82) is 0 Å². The minimum atomic E-state index is -4.70. The summed E-state index contributed by atoms with van der Waals surface area (Å²) in [7, 11) is 1.41. The van der Waals surface area contributed by atoms with Gasteiger partial charge >= 0.3 is 6.18 Å². The van der Waals surface area contributed by atoms with E-state index in [2.05, 4.69) is 15.3 Å². The molecule has 4 nitrogen and oxygen atoms in total. The van der Waals surface area contributed by atoms with E-state index in [-0.39, 0.29) is 17.4 Å². The highest BCUT2D eigenvalue weighted by molar-refractivity contribution is 5.39. The molecule has 0 saturated heterocycles. The molecule has 20 heavy (non-hydrogen) atoms. The summed E-state index contributed by atoms with van der Waals surface area (Å²) in [5.74, 6) is -2.25. The van der Waals surface area contributed by atoms with Crippen molar-refractivity contribution in [2.45, 2.75) is 6.18 Å². The lowest BCUT2D eigenvalue weighted by Crippen LogP contribution is -2.12. The number of halogens is 4. The molecule has 2 rings (SSSR count). The lowest BCUT2D eigenvalue weighted by atomic mass is 10.3. The third-order valence-corrected chi connectivity index (χ3v) is 2.23. The zero-order valence-electron chi connectivity index (χ0n) is 10.2. The van der Waals surface area contributed by atoms with Crippen LogP contribution in [0.2, 0.25) is 0 Å². The standard InChI is InChI=1S/C12H9F4N3O/c1-17-9-6-10(19-11(18-9)12(14,15)16)20-8-4-2-3-7(13)5-8/h2-6H,1H3,(H,17,18,19). The summed E-state index contributed by atoms with van der Waals surface area (Å²) in [4.78, 5) is 6.54. The van der Waals surface area contributed by atoms with E-state index in [1.165, 1.54) is 31.3 Å². The van der Waals surface area contributed by atoms with Gasteiger partial charge in [0.1, 0.15) is 17.4 Å². The van der Waals surface area contributed by atoms with Crippen molar-refractivity contribution in [3.8, 4) is 11.6 Å². The molecule has 0 aliphatic rings. The summed E-state index contributed by atoms with van der Waals surface area (Å²) >= 11 is 0. The topological polar surface area (TPSA) is 47.0 Å². The predicted molar refractivity (Wildman–Crippen MR) is 63.1 cm³/mol. The lowest BCUT2D eigenvalue weighted by molar-refractivity contribution is -0.145. The molecule has 0 aliphatic carbocycles. The monoisotopic (exact) mass is 287 g/mol. The van der Waals surface area contributed by atoms with Crippen LogP contribution in [-0.2, 0) is 6.18 Å². The van der Waals surface area contributed by atoms with E-state index in [1.54, 1.807) is 0 Å². The number of anilines is 1. The summed E-state index contributed by atoms with van der Waals surface area (Å²) in [6.07, 6.45) is -4.70. The van der Waals surface area contributed by atoms with Crippen molar-refractivity contribution in [1.82, 2.24) is 9.97 Å². The normalized spacial score (nSPS) is 11.2. The first-order valence-corrected chi connectivity index (χ1v) is 5.46. The quantitative estimate of drug-likeness (QED) is 0.878. The van der Waals surface area contributed by atoms with Gasteiger partial charge in [-0.1, -0.05) is 6.07 Å². The fourth-order valence-corrected chi connectivity index (χ4v) is 1.38.